The van der Waals surface area contributed by atoms with Crippen LogP contribution in [-0.4, -0.2) is 29.0 Å². The summed E-state index contributed by atoms with van der Waals surface area (Å²) >= 11 is 1.38. The number of methoxy groups -OCH3 is 1. The topological polar surface area (TPSA) is 95.7 Å². The fourth-order valence-electron chi connectivity index (χ4n) is 5.09. The van der Waals surface area contributed by atoms with Crippen molar-refractivity contribution in [2.75, 3.05) is 7.11 Å². The Morgan fingerprint density at radius 1 is 1.16 bits per heavy atom. The van der Waals surface area contributed by atoms with Crippen molar-refractivity contribution < 1.29 is 24.0 Å². The second-order valence-corrected chi connectivity index (χ2v) is 9.41. The molecular weight excluding hydrogens is 430 g/mol. The van der Waals surface area contributed by atoms with Crippen LogP contribution in [0.4, 0.5) is 5.69 Å². The van der Waals surface area contributed by atoms with E-state index in [2.05, 4.69) is 0 Å². The van der Waals surface area contributed by atoms with Gasteiger partial charge in [-0.15, -0.1) is 11.8 Å². The summed E-state index contributed by atoms with van der Waals surface area (Å²) in [6.45, 7) is 1.59. The summed E-state index contributed by atoms with van der Waals surface area (Å²) in [5.41, 5.74) is 4.67. The Kier molecular flexibility index (Phi) is 5.14. The number of para-hydroxylation sites is 1. The molecule has 0 amide bonds. The Hall–Kier alpha value is -2.97. The molecule has 0 saturated heterocycles. The number of benzene rings is 2. The summed E-state index contributed by atoms with van der Waals surface area (Å²) in [6.07, 6.45) is 0.845. The zero-order valence-electron chi connectivity index (χ0n) is 17.6. The van der Waals surface area contributed by atoms with Gasteiger partial charge < -0.3 is 9.47 Å². The molecule has 7 nitrogen and oxygen atoms in total. The van der Waals surface area contributed by atoms with E-state index in [0.717, 1.165) is 28.7 Å². The lowest BCUT2D eigenvalue weighted by molar-refractivity contribution is -0.387. The first-order valence-electron chi connectivity index (χ1n) is 10.4. The van der Waals surface area contributed by atoms with Crippen molar-refractivity contribution in [2.45, 2.75) is 42.1 Å². The van der Waals surface area contributed by atoms with Crippen LogP contribution in [0.2, 0.25) is 0 Å². The van der Waals surface area contributed by atoms with Crippen LogP contribution in [0.15, 0.2) is 58.5 Å². The molecule has 2 aromatic rings. The van der Waals surface area contributed by atoms with Gasteiger partial charge in [0.2, 0.25) is 0 Å². The highest BCUT2D eigenvalue weighted by Gasteiger charge is 2.51. The number of rotatable bonds is 5. The molecule has 2 aliphatic heterocycles. The predicted octanol–water partition coefficient (Wildman–Crippen LogP) is 4.96. The monoisotopic (exact) mass is 451 g/mol. The SMILES string of the molecule is COC(=O)c1ccc2c(c1)[C@@H]1O[C@H]2C2=C1CC[C@H](C(C)=O)[C@H]2Sc1ccccc1[N+](=O)[O-]. The van der Waals surface area contributed by atoms with Crippen LogP contribution in [0.25, 0.3) is 0 Å². The molecule has 0 spiro atoms. The van der Waals surface area contributed by atoms with E-state index in [0.29, 0.717) is 16.9 Å². The van der Waals surface area contributed by atoms with E-state index in [1.54, 1.807) is 31.2 Å². The molecule has 32 heavy (non-hydrogen) atoms. The number of esters is 1. The van der Waals surface area contributed by atoms with E-state index >= 15 is 0 Å². The average Bonchev–Trinajstić information content (AvgIpc) is 3.36. The summed E-state index contributed by atoms with van der Waals surface area (Å²) in [6, 6.07) is 12.1. The molecule has 8 heteroatoms. The smallest absolute Gasteiger partial charge is 0.337 e. The molecule has 0 fully saturated rings. The standard InChI is InChI=1S/C24H21NO6S/c1-12(26)14-9-10-16-20(23(14)32-19-6-4-3-5-18(19)25(28)29)22-15-8-7-13(24(27)30-2)11-17(15)21(16)31-22/h3-8,11,14,21-23H,9-10H2,1-2H3/t14-,21-,22-,23-/m1/s1. The second kappa shape index (κ2) is 7.86. The number of hydrogen-bond acceptors (Lipinski definition) is 7. The Bertz CT molecular complexity index is 1190. The third-order valence-electron chi connectivity index (χ3n) is 6.55. The fraction of sp³-hybridized carbons (Fsp3) is 0.333. The number of nitrogens with zero attached hydrogens (tertiary/aromatic N) is 1. The van der Waals surface area contributed by atoms with Crippen molar-refractivity contribution in [1.29, 1.82) is 0 Å². The molecule has 164 valence electrons. The van der Waals surface area contributed by atoms with Gasteiger partial charge in [-0.1, -0.05) is 18.2 Å². The lowest BCUT2D eigenvalue weighted by atomic mass is 9.74. The zero-order valence-corrected chi connectivity index (χ0v) is 18.4. The highest BCUT2D eigenvalue weighted by atomic mass is 32.2. The van der Waals surface area contributed by atoms with Gasteiger partial charge in [-0.3, -0.25) is 14.9 Å². The summed E-state index contributed by atoms with van der Waals surface area (Å²) in [7, 11) is 1.35. The van der Waals surface area contributed by atoms with Crippen molar-refractivity contribution in [1.82, 2.24) is 0 Å². The molecule has 0 radical (unpaired) electrons. The quantitative estimate of drug-likeness (QED) is 0.274. The molecule has 3 aliphatic rings. The maximum absolute atomic E-state index is 12.5. The van der Waals surface area contributed by atoms with Crippen LogP contribution >= 0.6 is 11.8 Å². The summed E-state index contributed by atoms with van der Waals surface area (Å²) in [4.78, 5) is 36.3. The normalized spacial score (nSPS) is 25.3. The van der Waals surface area contributed by atoms with Crippen LogP contribution in [0.5, 0.6) is 0 Å². The minimum Gasteiger partial charge on any atom is -0.465 e. The number of thioether (sulfide) groups is 1. The number of nitro groups is 1. The number of ether oxygens (including phenoxy) is 2. The van der Waals surface area contributed by atoms with E-state index in [9.17, 15) is 19.7 Å². The van der Waals surface area contributed by atoms with E-state index in [1.807, 2.05) is 12.1 Å². The number of carbonyl (C=O) groups excluding carboxylic acids is 2. The third-order valence-corrected chi connectivity index (χ3v) is 7.99. The first kappa shape index (κ1) is 20.9. The number of fused-ring (bicyclic) bond motifs is 7. The Labute approximate surface area is 188 Å². The minimum atomic E-state index is -0.394. The number of ketones is 1. The number of nitro benzene ring substituents is 1. The molecular formula is C24H21NO6S. The molecule has 0 aromatic heterocycles. The van der Waals surface area contributed by atoms with Crippen molar-refractivity contribution in [3.05, 3.63) is 80.4 Å². The number of Topliss-reactive ketones (excluding diaryl/α,β-unsaturated/α-hetero) is 1. The van der Waals surface area contributed by atoms with Crippen molar-refractivity contribution in [3.63, 3.8) is 0 Å². The lowest BCUT2D eigenvalue weighted by Crippen LogP contribution is -2.32. The van der Waals surface area contributed by atoms with E-state index in [1.165, 1.54) is 24.9 Å². The molecule has 5 rings (SSSR count). The van der Waals surface area contributed by atoms with Crippen LogP contribution in [0, 0.1) is 16.0 Å². The number of carbonyl (C=O) groups is 2. The van der Waals surface area contributed by atoms with Crippen LogP contribution < -0.4 is 0 Å². The van der Waals surface area contributed by atoms with Crippen molar-refractivity contribution >= 4 is 29.2 Å². The van der Waals surface area contributed by atoms with Gasteiger partial charge in [0.05, 0.1) is 22.5 Å². The van der Waals surface area contributed by atoms with Crippen LogP contribution in [0.1, 0.15) is 53.5 Å². The highest BCUT2D eigenvalue weighted by Crippen LogP contribution is 2.61. The minimum absolute atomic E-state index is 0.0414. The molecule has 2 bridgehead atoms. The average molecular weight is 452 g/mol. The maximum atomic E-state index is 12.5. The molecule has 4 atom stereocenters. The Morgan fingerprint density at radius 2 is 1.94 bits per heavy atom. The molecule has 0 saturated carbocycles. The largest absolute Gasteiger partial charge is 0.465 e. The third kappa shape index (κ3) is 3.17. The summed E-state index contributed by atoms with van der Waals surface area (Å²) in [5, 5.41) is 11.3. The zero-order chi connectivity index (χ0) is 22.6. The van der Waals surface area contributed by atoms with Gasteiger partial charge in [0.1, 0.15) is 18.0 Å². The molecule has 2 aromatic carbocycles. The second-order valence-electron chi connectivity index (χ2n) is 8.23. The van der Waals surface area contributed by atoms with Gasteiger partial charge in [0.15, 0.2) is 0 Å². The first-order chi connectivity index (χ1) is 15.4. The van der Waals surface area contributed by atoms with Gasteiger partial charge in [0, 0.05) is 17.2 Å². The summed E-state index contributed by atoms with van der Waals surface area (Å²) in [5.74, 6) is -0.550. The van der Waals surface area contributed by atoms with Crippen LogP contribution in [0.3, 0.4) is 0 Å². The van der Waals surface area contributed by atoms with Gasteiger partial charge in [0.25, 0.3) is 5.69 Å². The molecule has 0 unspecified atom stereocenters. The number of hydrogen-bond donors (Lipinski definition) is 0. The first-order valence-corrected chi connectivity index (χ1v) is 11.3. The van der Waals surface area contributed by atoms with Crippen LogP contribution in [-0.2, 0) is 14.3 Å². The molecule has 2 heterocycles. The van der Waals surface area contributed by atoms with E-state index < -0.39 is 5.97 Å². The van der Waals surface area contributed by atoms with Gasteiger partial charge in [-0.2, -0.15) is 0 Å². The highest BCUT2D eigenvalue weighted by molar-refractivity contribution is 8.00. The van der Waals surface area contributed by atoms with Crippen molar-refractivity contribution in [3.8, 4) is 0 Å². The van der Waals surface area contributed by atoms with E-state index in [-0.39, 0.29) is 39.8 Å². The van der Waals surface area contributed by atoms with Gasteiger partial charge in [-0.05, 0) is 60.2 Å². The van der Waals surface area contributed by atoms with Gasteiger partial charge >= 0.3 is 5.97 Å². The predicted molar refractivity (Wildman–Crippen MR) is 118 cm³/mol. The van der Waals surface area contributed by atoms with Crippen molar-refractivity contribution in [2.24, 2.45) is 5.92 Å². The lowest BCUT2D eigenvalue weighted by Gasteiger charge is -2.35. The van der Waals surface area contributed by atoms with Gasteiger partial charge in [-0.25, -0.2) is 4.79 Å². The van der Waals surface area contributed by atoms with E-state index in [4.69, 9.17) is 9.47 Å². The molecule has 0 N–H and O–H groups in total. The fourth-order valence-corrected chi connectivity index (χ4v) is 6.68. The molecule has 1 aliphatic carbocycles. The Balaban J connectivity index is 1.56. The maximum Gasteiger partial charge on any atom is 0.337 e. The summed E-state index contributed by atoms with van der Waals surface area (Å²) < 4.78 is 11.2. The Morgan fingerprint density at radius 3 is 2.66 bits per heavy atom.